The molecule has 1 heterocycles. The maximum Gasteiger partial charge on any atom is 0.248 e. The van der Waals surface area contributed by atoms with Gasteiger partial charge in [0.1, 0.15) is 12.4 Å². The number of benzene rings is 1. The van der Waals surface area contributed by atoms with Crippen LogP contribution < -0.4 is 5.32 Å². The molecule has 1 aliphatic heterocycles. The molecule has 1 aromatic carbocycles. The Labute approximate surface area is 108 Å². The van der Waals surface area contributed by atoms with E-state index in [0.717, 1.165) is 17.7 Å². The molecule has 0 aromatic heterocycles. The highest BCUT2D eigenvalue weighted by Crippen LogP contribution is 2.22. The molecule has 0 saturated carbocycles. The Morgan fingerprint density at radius 3 is 2.72 bits per heavy atom. The third kappa shape index (κ3) is 2.92. The Morgan fingerprint density at radius 2 is 2.06 bits per heavy atom. The van der Waals surface area contributed by atoms with E-state index in [0.29, 0.717) is 12.5 Å². The predicted molar refractivity (Wildman–Crippen MR) is 70.7 cm³/mol. The molecule has 96 valence electrons. The Morgan fingerprint density at radius 1 is 1.33 bits per heavy atom. The Kier molecular flexibility index (Phi) is 4.03. The third-order valence-electron chi connectivity index (χ3n) is 3.34. The van der Waals surface area contributed by atoms with Gasteiger partial charge in [-0.15, -0.1) is 0 Å². The summed E-state index contributed by atoms with van der Waals surface area (Å²) in [5.74, 6) is 1.10. The zero-order valence-electron chi connectivity index (χ0n) is 10.8. The van der Waals surface area contributed by atoms with Crippen LogP contribution >= 0.6 is 0 Å². The summed E-state index contributed by atoms with van der Waals surface area (Å²) >= 11 is 0. The summed E-state index contributed by atoms with van der Waals surface area (Å²) in [6, 6.07) is 10.00. The molecule has 18 heavy (non-hydrogen) atoms. The minimum absolute atomic E-state index is 0.0196. The van der Waals surface area contributed by atoms with E-state index in [4.69, 9.17) is 4.74 Å². The number of nitrogens with one attached hydrogen (secondary N) is 1. The number of rotatable bonds is 5. The molecular formula is C15H19NO2. The number of carbonyl (C=O) groups is 1. The van der Waals surface area contributed by atoms with Gasteiger partial charge in [-0.3, -0.25) is 4.79 Å². The second-order valence-electron chi connectivity index (χ2n) is 4.69. The molecule has 0 aliphatic carbocycles. The average Bonchev–Trinajstić information content (AvgIpc) is 2.78. The van der Waals surface area contributed by atoms with Crippen molar-refractivity contribution in [1.29, 1.82) is 0 Å². The molecular weight excluding hydrogens is 226 g/mol. The van der Waals surface area contributed by atoms with Crippen LogP contribution in [0.1, 0.15) is 25.8 Å². The maximum absolute atomic E-state index is 11.4. The summed E-state index contributed by atoms with van der Waals surface area (Å²) in [4.78, 5) is 11.4. The van der Waals surface area contributed by atoms with Gasteiger partial charge in [-0.1, -0.05) is 50.6 Å². The van der Waals surface area contributed by atoms with Gasteiger partial charge in [-0.25, -0.2) is 0 Å². The molecule has 0 saturated heterocycles. The highest BCUT2D eigenvalue weighted by atomic mass is 16.5. The van der Waals surface area contributed by atoms with Gasteiger partial charge in [0.05, 0.1) is 6.04 Å². The van der Waals surface area contributed by atoms with Crippen molar-refractivity contribution in [3.63, 3.8) is 0 Å². The van der Waals surface area contributed by atoms with Crippen molar-refractivity contribution in [3.8, 4) is 0 Å². The Balaban J connectivity index is 1.99. The van der Waals surface area contributed by atoms with E-state index in [2.05, 4.69) is 19.2 Å². The van der Waals surface area contributed by atoms with E-state index in [1.807, 2.05) is 30.3 Å². The zero-order valence-corrected chi connectivity index (χ0v) is 10.8. The van der Waals surface area contributed by atoms with Gasteiger partial charge in [0.25, 0.3) is 0 Å². The lowest BCUT2D eigenvalue weighted by molar-refractivity contribution is -0.116. The molecule has 0 unspecified atom stereocenters. The zero-order chi connectivity index (χ0) is 13.0. The van der Waals surface area contributed by atoms with Gasteiger partial charge in [0.15, 0.2) is 0 Å². The minimum Gasteiger partial charge on any atom is -0.491 e. The van der Waals surface area contributed by atoms with Crippen LogP contribution in [0.5, 0.6) is 0 Å². The number of carbonyl (C=O) groups excluding carboxylic acids is 1. The summed E-state index contributed by atoms with van der Waals surface area (Å²) in [6.07, 6.45) is 2.58. The summed E-state index contributed by atoms with van der Waals surface area (Å²) in [5, 5.41) is 2.93. The largest absolute Gasteiger partial charge is 0.491 e. The van der Waals surface area contributed by atoms with Crippen molar-refractivity contribution < 1.29 is 9.53 Å². The van der Waals surface area contributed by atoms with Crippen LogP contribution in [0.25, 0.3) is 0 Å². The standard InChI is InChI=1S/C15H19NO2/c1-3-11(2)15-13(9-14(17)16-15)18-10-12-7-5-4-6-8-12/h4-9,11,15H,3,10H2,1-2H3,(H,16,17)/t11-,15-/m0/s1. The first kappa shape index (κ1) is 12.7. The summed E-state index contributed by atoms with van der Waals surface area (Å²) in [5.41, 5.74) is 1.11. The van der Waals surface area contributed by atoms with Crippen LogP contribution in [0.3, 0.4) is 0 Å². The van der Waals surface area contributed by atoms with Gasteiger partial charge in [-0.2, -0.15) is 0 Å². The molecule has 3 nitrogen and oxygen atoms in total. The normalized spacial score (nSPS) is 20.2. The van der Waals surface area contributed by atoms with E-state index in [9.17, 15) is 4.79 Å². The molecule has 2 atom stereocenters. The van der Waals surface area contributed by atoms with E-state index in [1.54, 1.807) is 6.08 Å². The van der Waals surface area contributed by atoms with Gasteiger partial charge < -0.3 is 10.1 Å². The first-order valence-electron chi connectivity index (χ1n) is 6.39. The van der Waals surface area contributed by atoms with Gasteiger partial charge >= 0.3 is 0 Å². The molecule has 1 aromatic rings. The molecule has 1 amide bonds. The summed E-state index contributed by atoms with van der Waals surface area (Å²) in [6.45, 7) is 4.74. The second-order valence-corrected chi connectivity index (χ2v) is 4.69. The summed E-state index contributed by atoms with van der Waals surface area (Å²) in [7, 11) is 0. The van der Waals surface area contributed by atoms with Crippen molar-refractivity contribution in [2.24, 2.45) is 5.92 Å². The lowest BCUT2D eigenvalue weighted by atomic mass is 9.99. The first-order valence-corrected chi connectivity index (χ1v) is 6.39. The van der Waals surface area contributed by atoms with Gasteiger partial charge in [-0.05, 0) is 11.5 Å². The molecule has 1 aliphatic rings. The fourth-order valence-electron chi connectivity index (χ4n) is 2.02. The monoisotopic (exact) mass is 245 g/mol. The van der Waals surface area contributed by atoms with Crippen molar-refractivity contribution >= 4 is 5.91 Å². The van der Waals surface area contributed by atoms with Gasteiger partial charge in [0.2, 0.25) is 5.91 Å². The Hall–Kier alpha value is -1.77. The molecule has 0 fully saturated rings. The summed E-state index contributed by atoms with van der Waals surface area (Å²) < 4.78 is 5.77. The maximum atomic E-state index is 11.4. The molecule has 0 bridgehead atoms. The van der Waals surface area contributed by atoms with Crippen molar-refractivity contribution in [2.45, 2.75) is 32.9 Å². The fraction of sp³-hybridized carbons (Fsp3) is 0.400. The number of hydrogen-bond donors (Lipinski definition) is 1. The van der Waals surface area contributed by atoms with Crippen LogP contribution in [0.2, 0.25) is 0 Å². The van der Waals surface area contributed by atoms with Crippen molar-refractivity contribution in [2.75, 3.05) is 0 Å². The lowest BCUT2D eigenvalue weighted by Crippen LogP contribution is -2.34. The van der Waals surface area contributed by atoms with E-state index >= 15 is 0 Å². The van der Waals surface area contributed by atoms with Crippen molar-refractivity contribution in [1.82, 2.24) is 5.32 Å². The topological polar surface area (TPSA) is 38.3 Å². The van der Waals surface area contributed by atoms with Crippen LogP contribution in [0.15, 0.2) is 42.2 Å². The lowest BCUT2D eigenvalue weighted by Gasteiger charge is -2.21. The van der Waals surface area contributed by atoms with Crippen LogP contribution in [0, 0.1) is 5.92 Å². The number of ether oxygens (including phenoxy) is 1. The predicted octanol–water partition coefficient (Wildman–Crippen LogP) is 2.63. The Bertz CT molecular complexity index is 439. The van der Waals surface area contributed by atoms with Crippen LogP contribution in [-0.4, -0.2) is 11.9 Å². The molecule has 0 spiro atoms. The minimum atomic E-state index is -0.0524. The third-order valence-corrected chi connectivity index (χ3v) is 3.34. The van der Waals surface area contributed by atoms with Crippen LogP contribution in [0.4, 0.5) is 0 Å². The first-order chi connectivity index (χ1) is 8.70. The highest BCUT2D eigenvalue weighted by molar-refractivity contribution is 5.91. The van der Waals surface area contributed by atoms with Crippen molar-refractivity contribution in [3.05, 3.63) is 47.7 Å². The quantitative estimate of drug-likeness (QED) is 0.866. The molecule has 3 heteroatoms. The molecule has 0 radical (unpaired) electrons. The van der Waals surface area contributed by atoms with Gasteiger partial charge in [0, 0.05) is 6.08 Å². The fourth-order valence-corrected chi connectivity index (χ4v) is 2.02. The SMILES string of the molecule is CC[C@H](C)[C@@H]1NC(=O)C=C1OCc1ccccc1. The van der Waals surface area contributed by atoms with E-state index < -0.39 is 0 Å². The average molecular weight is 245 g/mol. The molecule has 1 N–H and O–H groups in total. The van der Waals surface area contributed by atoms with E-state index in [1.165, 1.54) is 0 Å². The van der Waals surface area contributed by atoms with E-state index in [-0.39, 0.29) is 11.9 Å². The molecule has 2 rings (SSSR count). The second kappa shape index (κ2) is 5.71. The smallest absolute Gasteiger partial charge is 0.248 e. The number of hydrogen-bond acceptors (Lipinski definition) is 2. The highest BCUT2D eigenvalue weighted by Gasteiger charge is 2.29. The van der Waals surface area contributed by atoms with Crippen LogP contribution in [-0.2, 0) is 16.1 Å². The number of amides is 1.